The number of piperidine rings is 1. The summed E-state index contributed by atoms with van der Waals surface area (Å²) in [6, 6.07) is 3.83. The highest BCUT2D eigenvalue weighted by Gasteiger charge is 2.22. The van der Waals surface area contributed by atoms with Crippen LogP contribution < -0.4 is 4.90 Å². The zero-order chi connectivity index (χ0) is 12.4. The van der Waals surface area contributed by atoms with E-state index in [1.54, 1.807) is 6.92 Å². The highest BCUT2D eigenvalue weighted by Crippen LogP contribution is 2.25. The Morgan fingerprint density at radius 3 is 2.41 bits per heavy atom. The van der Waals surface area contributed by atoms with Crippen LogP contribution in [0.4, 0.5) is 5.69 Å². The summed E-state index contributed by atoms with van der Waals surface area (Å²) in [6.07, 6.45) is 3.12. The maximum Gasteiger partial charge on any atom is 0.178 e. The quantitative estimate of drug-likeness (QED) is 0.735. The second-order valence-corrected chi connectivity index (χ2v) is 5.31. The molecule has 0 N–H and O–H groups in total. The Morgan fingerprint density at radius 2 is 1.94 bits per heavy atom. The van der Waals surface area contributed by atoms with Gasteiger partial charge in [0.2, 0.25) is 0 Å². The Kier molecular flexibility index (Phi) is 3.46. The SMILES string of the molecule is CC(=O)c1ccc(N2CC(C)CC(C)C2)cn1. The van der Waals surface area contributed by atoms with Crippen LogP contribution in [-0.4, -0.2) is 23.9 Å². The second-order valence-electron chi connectivity index (χ2n) is 5.31. The fraction of sp³-hybridized carbons (Fsp3) is 0.571. The molecule has 1 aliphatic rings. The first kappa shape index (κ1) is 12.1. The zero-order valence-corrected chi connectivity index (χ0v) is 10.8. The monoisotopic (exact) mass is 232 g/mol. The molecule has 0 spiro atoms. The minimum absolute atomic E-state index is 0.0249. The number of Topliss-reactive ketones (excluding diaryl/α,β-unsaturated/α-hetero) is 1. The molecule has 2 heterocycles. The van der Waals surface area contributed by atoms with Crippen molar-refractivity contribution in [3.8, 4) is 0 Å². The van der Waals surface area contributed by atoms with Crippen LogP contribution in [0, 0.1) is 11.8 Å². The van der Waals surface area contributed by atoms with Gasteiger partial charge in [-0.15, -0.1) is 0 Å². The number of pyridine rings is 1. The van der Waals surface area contributed by atoms with Gasteiger partial charge in [0.05, 0.1) is 11.9 Å². The molecule has 0 saturated carbocycles. The van der Waals surface area contributed by atoms with E-state index in [1.807, 2.05) is 18.3 Å². The highest BCUT2D eigenvalue weighted by molar-refractivity contribution is 5.92. The van der Waals surface area contributed by atoms with Gasteiger partial charge in [-0.2, -0.15) is 0 Å². The lowest BCUT2D eigenvalue weighted by Crippen LogP contribution is -2.38. The molecule has 0 aromatic carbocycles. The van der Waals surface area contributed by atoms with Crippen LogP contribution in [0.3, 0.4) is 0 Å². The molecule has 0 bridgehead atoms. The van der Waals surface area contributed by atoms with Gasteiger partial charge in [-0.1, -0.05) is 13.8 Å². The standard InChI is InChI=1S/C14H20N2O/c1-10-6-11(2)9-16(8-10)13-4-5-14(12(3)17)15-7-13/h4-5,7,10-11H,6,8-9H2,1-3H3. The normalized spacial score (nSPS) is 24.8. The summed E-state index contributed by atoms with van der Waals surface area (Å²) >= 11 is 0. The molecule has 1 saturated heterocycles. The van der Waals surface area contributed by atoms with Gasteiger partial charge in [0.25, 0.3) is 0 Å². The van der Waals surface area contributed by atoms with Crippen molar-refractivity contribution in [3.63, 3.8) is 0 Å². The van der Waals surface area contributed by atoms with E-state index in [0.717, 1.165) is 30.6 Å². The van der Waals surface area contributed by atoms with Crippen LogP contribution in [0.5, 0.6) is 0 Å². The molecular weight excluding hydrogens is 212 g/mol. The van der Waals surface area contributed by atoms with Gasteiger partial charge in [-0.05, 0) is 30.4 Å². The molecule has 17 heavy (non-hydrogen) atoms. The summed E-state index contributed by atoms with van der Waals surface area (Å²) in [5, 5.41) is 0. The Morgan fingerprint density at radius 1 is 1.29 bits per heavy atom. The van der Waals surface area contributed by atoms with Crippen molar-refractivity contribution in [3.05, 3.63) is 24.0 Å². The van der Waals surface area contributed by atoms with E-state index in [1.165, 1.54) is 6.42 Å². The number of hydrogen-bond acceptors (Lipinski definition) is 3. The third-order valence-corrected chi connectivity index (χ3v) is 3.34. The van der Waals surface area contributed by atoms with Crippen LogP contribution in [0.1, 0.15) is 37.7 Å². The van der Waals surface area contributed by atoms with E-state index >= 15 is 0 Å². The lowest BCUT2D eigenvalue weighted by molar-refractivity contribution is 0.101. The number of anilines is 1. The van der Waals surface area contributed by atoms with E-state index in [4.69, 9.17) is 0 Å². The third-order valence-electron chi connectivity index (χ3n) is 3.34. The summed E-state index contributed by atoms with van der Waals surface area (Å²) in [7, 11) is 0. The zero-order valence-electron chi connectivity index (χ0n) is 10.8. The number of hydrogen-bond donors (Lipinski definition) is 0. The van der Waals surface area contributed by atoms with E-state index in [-0.39, 0.29) is 5.78 Å². The maximum atomic E-state index is 11.2. The van der Waals surface area contributed by atoms with Crippen molar-refractivity contribution in [1.29, 1.82) is 0 Å². The summed E-state index contributed by atoms with van der Waals surface area (Å²) in [4.78, 5) is 17.7. The molecule has 1 aromatic rings. The smallest absolute Gasteiger partial charge is 0.178 e. The van der Waals surface area contributed by atoms with Gasteiger partial charge in [0, 0.05) is 20.0 Å². The first-order valence-corrected chi connectivity index (χ1v) is 6.28. The number of rotatable bonds is 2. The average Bonchev–Trinajstić information content (AvgIpc) is 2.28. The number of aromatic nitrogens is 1. The Hall–Kier alpha value is -1.38. The lowest BCUT2D eigenvalue weighted by Gasteiger charge is -2.36. The van der Waals surface area contributed by atoms with Gasteiger partial charge in [-0.3, -0.25) is 9.78 Å². The van der Waals surface area contributed by atoms with Crippen LogP contribution in [0.15, 0.2) is 18.3 Å². The lowest BCUT2D eigenvalue weighted by atomic mass is 9.91. The Labute approximate surface area is 103 Å². The van der Waals surface area contributed by atoms with Crippen molar-refractivity contribution in [2.45, 2.75) is 27.2 Å². The van der Waals surface area contributed by atoms with Crippen molar-refractivity contribution in [2.24, 2.45) is 11.8 Å². The molecule has 0 amide bonds. The Bertz CT molecular complexity index is 389. The van der Waals surface area contributed by atoms with E-state index in [0.29, 0.717) is 5.69 Å². The molecular formula is C14H20N2O. The summed E-state index contributed by atoms with van der Waals surface area (Å²) < 4.78 is 0. The summed E-state index contributed by atoms with van der Waals surface area (Å²) in [5.74, 6) is 1.48. The molecule has 3 nitrogen and oxygen atoms in total. The number of nitrogens with zero attached hydrogens (tertiary/aromatic N) is 2. The van der Waals surface area contributed by atoms with Crippen LogP contribution >= 0.6 is 0 Å². The van der Waals surface area contributed by atoms with Gasteiger partial charge in [0.15, 0.2) is 5.78 Å². The first-order valence-electron chi connectivity index (χ1n) is 6.28. The largest absolute Gasteiger partial charge is 0.370 e. The summed E-state index contributed by atoms with van der Waals surface area (Å²) in [6.45, 7) is 8.31. The fourth-order valence-electron chi connectivity index (χ4n) is 2.66. The third kappa shape index (κ3) is 2.84. The average molecular weight is 232 g/mol. The molecule has 1 fully saturated rings. The number of ketones is 1. The van der Waals surface area contributed by atoms with Gasteiger partial charge in [-0.25, -0.2) is 0 Å². The van der Waals surface area contributed by atoms with E-state index < -0.39 is 0 Å². The molecule has 0 radical (unpaired) electrons. The van der Waals surface area contributed by atoms with Crippen molar-refractivity contribution in [1.82, 2.24) is 4.98 Å². The molecule has 2 atom stereocenters. The van der Waals surface area contributed by atoms with E-state index in [9.17, 15) is 4.79 Å². The number of carbonyl (C=O) groups excluding carboxylic acids is 1. The molecule has 2 unspecified atom stereocenters. The predicted molar refractivity (Wildman–Crippen MR) is 69.4 cm³/mol. The van der Waals surface area contributed by atoms with Gasteiger partial charge in [0.1, 0.15) is 5.69 Å². The molecule has 92 valence electrons. The molecule has 0 aliphatic carbocycles. The molecule has 1 aromatic heterocycles. The predicted octanol–water partition coefficient (Wildman–Crippen LogP) is 2.77. The van der Waals surface area contributed by atoms with Crippen LogP contribution in [-0.2, 0) is 0 Å². The molecule has 3 heteroatoms. The first-order chi connectivity index (χ1) is 8.06. The van der Waals surface area contributed by atoms with Gasteiger partial charge >= 0.3 is 0 Å². The van der Waals surface area contributed by atoms with Gasteiger partial charge < -0.3 is 4.90 Å². The molecule has 1 aliphatic heterocycles. The minimum atomic E-state index is 0.0249. The number of carbonyl (C=O) groups is 1. The van der Waals surface area contributed by atoms with E-state index in [2.05, 4.69) is 23.7 Å². The highest BCUT2D eigenvalue weighted by atomic mass is 16.1. The Balaban J connectivity index is 2.14. The van der Waals surface area contributed by atoms with Crippen molar-refractivity contribution >= 4 is 11.5 Å². The van der Waals surface area contributed by atoms with Crippen molar-refractivity contribution < 1.29 is 4.79 Å². The van der Waals surface area contributed by atoms with Crippen LogP contribution in [0.25, 0.3) is 0 Å². The topological polar surface area (TPSA) is 33.2 Å². The maximum absolute atomic E-state index is 11.2. The second kappa shape index (κ2) is 4.86. The van der Waals surface area contributed by atoms with Crippen LogP contribution in [0.2, 0.25) is 0 Å². The fourth-order valence-corrected chi connectivity index (χ4v) is 2.66. The summed E-state index contributed by atoms with van der Waals surface area (Å²) in [5.41, 5.74) is 1.68. The van der Waals surface area contributed by atoms with Crippen molar-refractivity contribution in [2.75, 3.05) is 18.0 Å². The minimum Gasteiger partial charge on any atom is -0.370 e. The molecule has 2 rings (SSSR count).